The Hall–Kier alpha value is -2.51. The standard InChI is InChI=1S/C21H23FN4OS/c1-15(20-24-18-4-2-3-5-19(18)28-20)25-10-12-26(13-11-25)21(27)23-14-16-6-8-17(22)9-7-16/h2-9,15H,10-14H2,1H3,(H,23,27). The summed E-state index contributed by atoms with van der Waals surface area (Å²) in [6.07, 6.45) is 0. The number of nitrogens with zero attached hydrogens (tertiary/aromatic N) is 3. The van der Waals surface area contributed by atoms with Gasteiger partial charge in [-0.15, -0.1) is 11.3 Å². The minimum Gasteiger partial charge on any atom is -0.334 e. The number of nitrogens with one attached hydrogen (secondary N) is 1. The molecule has 2 amide bonds. The summed E-state index contributed by atoms with van der Waals surface area (Å²) in [5, 5.41) is 4.04. The summed E-state index contributed by atoms with van der Waals surface area (Å²) in [7, 11) is 0. The molecule has 1 N–H and O–H groups in total. The van der Waals surface area contributed by atoms with Crippen LogP contribution in [-0.4, -0.2) is 47.0 Å². The first-order valence-corrected chi connectivity index (χ1v) is 10.3. The first-order chi connectivity index (χ1) is 13.6. The van der Waals surface area contributed by atoms with Crippen molar-refractivity contribution in [1.29, 1.82) is 0 Å². The van der Waals surface area contributed by atoms with Crippen LogP contribution in [-0.2, 0) is 6.54 Å². The second-order valence-electron chi connectivity index (χ2n) is 7.00. The molecule has 1 atom stereocenters. The van der Waals surface area contributed by atoms with E-state index in [4.69, 9.17) is 4.98 Å². The van der Waals surface area contributed by atoms with E-state index in [1.54, 1.807) is 23.5 Å². The second kappa shape index (κ2) is 8.24. The van der Waals surface area contributed by atoms with Gasteiger partial charge in [-0.05, 0) is 36.8 Å². The van der Waals surface area contributed by atoms with Crippen molar-refractivity contribution in [3.05, 3.63) is 64.9 Å². The highest BCUT2D eigenvalue weighted by Crippen LogP contribution is 2.29. The van der Waals surface area contributed by atoms with Crippen LogP contribution in [0.3, 0.4) is 0 Å². The maximum Gasteiger partial charge on any atom is 0.317 e. The lowest BCUT2D eigenvalue weighted by Gasteiger charge is -2.37. The predicted molar refractivity (Wildman–Crippen MR) is 110 cm³/mol. The van der Waals surface area contributed by atoms with Gasteiger partial charge < -0.3 is 10.2 Å². The highest BCUT2D eigenvalue weighted by atomic mass is 32.1. The van der Waals surface area contributed by atoms with E-state index in [1.165, 1.54) is 16.8 Å². The van der Waals surface area contributed by atoms with Gasteiger partial charge in [0.15, 0.2) is 0 Å². The molecule has 1 aromatic heterocycles. The number of carbonyl (C=O) groups is 1. The lowest BCUT2D eigenvalue weighted by molar-refractivity contribution is 0.114. The second-order valence-corrected chi connectivity index (χ2v) is 8.07. The number of benzene rings is 2. The number of rotatable bonds is 4. The number of piperazine rings is 1. The molecule has 0 aliphatic carbocycles. The minimum absolute atomic E-state index is 0.0726. The van der Waals surface area contributed by atoms with Gasteiger partial charge in [0.05, 0.1) is 16.3 Å². The average Bonchev–Trinajstić information content (AvgIpc) is 3.17. The van der Waals surface area contributed by atoms with Crippen molar-refractivity contribution in [2.24, 2.45) is 0 Å². The van der Waals surface area contributed by atoms with Crippen LogP contribution in [0, 0.1) is 5.82 Å². The van der Waals surface area contributed by atoms with E-state index >= 15 is 0 Å². The van der Waals surface area contributed by atoms with Gasteiger partial charge in [-0.2, -0.15) is 0 Å². The van der Waals surface area contributed by atoms with Crippen molar-refractivity contribution < 1.29 is 9.18 Å². The Bertz CT molecular complexity index is 917. The molecular formula is C21H23FN4OS. The summed E-state index contributed by atoms with van der Waals surface area (Å²) in [5.41, 5.74) is 1.94. The van der Waals surface area contributed by atoms with E-state index in [-0.39, 0.29) is 17.9 Å². The number of hydrogen-bond acceptors (Lipinski definition) is 4. The molecule has 7 heteroatoms. The van der Waals surface area contributed by atoms with Gasteiger partial charge >= 0.3 is 6.03 Å². The molecule has 3 aromatic rings. The molecule has 1 fully saturated rings. The van der Waals surface area contributed by atoms with Crippen LogP contribution < -0.4 is 5.32 Å². The van der Waals surface area contributed by atoms with Crippen molar-refractivity contribution >= 4 is 27.6 Å². The van der Waals surface area contributed by atoms with Gasteiger partial charge in [0, 0.05) is 32.7 Å². The van der Waals surface area contributed by atoms with Crippen LogP contribution >= 0.6 is 11.3 Å². The number of carbonyl (C=O) groups excluding carboxylic acids is 1. The number of halogens is 1. The number of thiazole rings is 1. The van der Waals surface area contributed by atoms with Gasteiger partial charge in [0.25, 0.3) is 0 Å². The number of amides is 2. The lowest BCUT2D eigenvalue weighted by Crippen LogP contribution is -2.52. The third kappa shape index (κ3) is 4.15. The van der Waals surface area contributed by atoms with Crippen LogP contribution in [0.4, 0.5) is 9.18 Å². The van der Waals surface area contributed by atoms with E-state index in [9.17, 15) is 9.18 Å². The zero-order valence-electron chi connectivity index (χ0n) is 15.8. The Labute approximate surface area is 167 Å². The third-order valence-electron chi connectivity index (χ3n) is 5.17. The molecule has 0 bridgehead atoms. The number of fused-ring (bicyclic) bond motifs is 1. The Morgan fingerprint density at radius 3 is 2.57 bits per heavy atom. The summed E-state index contributed by atoms with van der Waals surface area (Å²) in [6, 6.07) is 14.6. The van der Waals surface area contributed by atoms with Gasteiger partial charge in [0.2, 0.25) is 0 Å². The molecule has 2 heterocycles. The number of hydrogen-bond donors (Lipinski definition) is 1. The van der Waals surface area contributed by atoms with Crippen LogP contribution in [0.25, 0.3) is 10.2 Å². The van der Waals surface area contributed by atoms with E-state index in [0.717, 1.165) is 29.2 Å². The maximum absolute atomic E-state index is 13.0. The van der Waals surface area contributed by atoms with Crippen LogP contribution in [0.2, 0.25) is 0 Å². The largest absolute Gasteiger partial charge is 0.334 e. The SMILES string of the molecule is CC(c1nc2ccccc2s1)N1CCN(C(=O)NCc2ccc(F)cc2)CC1. The third-order valence-corrected chi connectivity index (χ3v) is 6.38. The summed E-state index contributed by atoms with van der Waals surface area (Å²) in [6.45, 7) is 5.60. The molecule has 0 spiro atoms. The smallest absolute Gasteiger partial charge is 0.317 e. The lowest BCUT2D eigenvalue weighted by atomic mass is 10.2. The summed E-state index contributed by atoms with van der Waals surface area (Å²) in [4.78, 5) is 21.4. The molecular weight excluding hydrogens is 375 g/mol. The zero-order valence-corrected chi connectivity index (χ0v) is 16.6. The zero-order chi connectivity index (χ0) is 19.5. The van der Waals surface area contributed by atoms with Crippen LogP contribution in [0.15, 0.2) is 48.5 Å². The molecule has 1 aliphatic heterocycles. The molecule has 4 rings (SSSR count). The molecule has 1 unspecified atom stereocenters. The Morgan fingerprint density at radius 2 is 1.86 bits per heavy atom. The van der Waals surface area contributed by atoms with Crippen molar-refractivity contribution in [2.45, 2.75) is 19.5 Å². The predicted octanol–water partition coefficient (Wildman–Crippen LogP) is 4.02. The molecule has 2 aromatic carbocycles. The van der Waals surface area contributed by atoms with Crippen molar-refractivity contribution in [2.75, 3.05) is 26.2 Å². The van der Waals surface area contributed by atoms with Crippen LogP contribution in [0.1, 0.15) is 23.5 Å². The topological polar surface area (TPSA) is 48.5 Å². The average molecular weight is 399 g/mol. The molecule has 5 nitrogen and oxygen atoms in total. The highest BCUT2D eigenvalue weighted by Gasteiger charge is 2.26. The molecule has 1 saturated heterocycles. The monoisotopic (exact) mass is 398 g/mol. The summed E-state index contributed by atoms with van der Waals surface area (Å²) in [5.74, 6) is -0.270. The molecule has 146 valence electrons. The quantitative estimate of drug-likeness (QED) is 0.722. The van der Waals surface area contributed by atoms with Crippen molar-refractivity contribution in [1.82, 2.24) is 20.1 Å². The van der Waals surface area contributed by atoms with Crippen molar-refractivity contribution in [3.63, 3.8) is 0 Å². The van der Waals surface area contributed by atoms with Gasteiger partial charge in [-0.3, -0.25) is 4.90 Å². The Kier molecular flexibility index (Phi) is 5.54. The van der Waals surface area contributed by atoms with E-state index in [0.29, 0.717) is 19.6 Å². The highest BCUT2D eigenvalue weighted by molar-refractivity contribution is 7.18. The molecule has 1 aliphatic rings. The molecule has 0 saturated carbocycles. The summed E-state index contributed by atoms with van der Waals surface area (Å²) >= 11 is 1.74. The fourth-order valence-electron chi connectivity index (χ4n) is 3.43. The number of para-hydroxylation sites is 1. The van der Waals surface area contributed by atoms with Crippen LogP contribution in [0.5, 0.6) is 0 Å². The van der Waals surface area contributed by atoms with Crippen molar-refractivity contribution in [3.8, 4) is 0 Å². The van der Waals surface area contributed by atoms with E-state index in [2.05, 4.69) is 23.2 Å². The first kappa shape index (κ1) is 18.8. The molecule has 28 heavy (non-hydrogen) atoms. The maximum atomic E-state index is 13.0. The Morgan fingerprint density at radius 1 is 1.14 bits per heavy atom. The normalized spacial score (nSPS) is 16.3. The van der Waals surface area contributed by atoms with E-state index in [1.807, 2.05) is 23.1 Å². The first-order valence-electron chi connectivity index (χ1n) is 9.47. The fraction of sp³-hybridized carbons (Fsp3) is 0.333. The van der Waals surface area contributed by atoms with Gasteiger partial charge in [-0.25, -0.2) is 14.2 Å². The fourth-order valence-corrected chi connectivity index (χ4v) is 4.48. The van der Waals surface area contributed by atoms with Gasteiger partial charge in [0.1, 0.15) is 10.8 Å². The summed E-state index contributed by atoms with van der Waals surface area (Å²) < 4.78 is 14.2. The van der Waals surface area contributed by atoms with Gasteiger partial charge in [-0.1, -0.05) is 24.3 Å². The number of aromatic nitrogens is 1. The number of urea groups is 1. The molecule has 0 radical (unpaired) electrons. The van der Waals surface area contributed by atoms with E-state index < -0.39 is 0 Å². The Balaban J connectivity index is 1.29. The minimum atomic E-state index is -0.270.